The highest BCUT2D eigenvalue weighted by atomic mass is 35.5. The van der Waals surface area contributed by atoms with Crippen LogP contribution in [0.4, 0.5) is 0 Å². The van der Waals surface area contributed by atoms with Crippen LogP contribution in [0.25, 0.3) is 17.0 Å². The fraction of sp³-hybridized carbons (Fsp3) is 0.0500. The third-order valence-corrected chi connectivity index (χ3v) is 4.19. The van der Waals surface area contributed by atoms with Crippen molar-refractivity contribution < 1.29 is 9.53 Å². The van der Waals surface area contributed by atoms with Gasteiger partial charge in [0, 0.05) is 16.5 Å². The second-order valence-corrected chi connectivity index (χ2v) is 6.12. The zero-order valence-corrected chi connectivity index (χ0v) is 14.1. The minimum atomic E-state index is -0.501. The van der Waals surface area contributed by atoms with E-state index in [1.165, 1.54) is 0 Å². The van der Waals surface area contributed by atoms with Gasteiger partial charge in [0.25, 0.3) is 0 Å². The van der Waals surface area contributed by atoms with Crippen molar-refractivity contribution in [2.45, 2.75) is 6.92 Å². The number of carbonyl (C=O) groups is 1. The molecule has 1 aliphatic rings. The smallest absolute Gasteiger partial charge is 0.363 e. The predicted molar refractivity (Wildman–Crippen MR) is 98.5 cm³/mol. The first-order valence-electron chi connectivity index (χ1n) is 7.75. The number of halogens is 1. The van der Waals surface area contributed by atoms with Gasteiger partial charge in [0.15, 0.2) is 5.70 Å². The van der Waals surface area contributed by atoms with E-state index in [1.807, 2.05) is 61.5 Å². The number of aromatic nitrogens is 1. The Morgan fingerprint density at radius 3 is 2.68 bits per heavy atom. The average Bonchev–Trinajstić information content (AvgIpc) is 2.97. The normalized spacial score (nSPS) is 15.5. The monoisotopic (exact) mass is 348 g/mol. The summed E-state index contributed by atoms with van der Waals surface area (Å²) < 4.78 is 5.25. The standard InChI is InChI=1S/C20H13ClN2O2/c1-12-7-8-14-10-15(18(21)22-16(14)9-12)11-17-20(24)25-19(23-17)13-5-3-2-4-6-13/h2-11H,1H3/b17-11-. The van der Waals surface area contributed by atoms with E-state index < -0.39 is 5.97 Å². The van der Waals surface area contributed by atoms with Crippen molar-refractivity contribution >= 4 is 40.4 Å². The van der Waals surface area contributed by atoms with E-state index in [1.54, 1.807) is 6.08 Å². The molecule has 1 aliphatic heterocycles. The molecule has 0 spiro atoms. The summed E-state index contributed by atoms with van der Waals surface area (Å²) in [5.41, 5.74) is 3.50. The summed E-state index contributed by atoms with van der Waals surface area (Å²) in [6.45, 7) is 2.00. The highest BCUT2D eigenvalue weighted by Crippen LogP contribution is 2.26. The Balaban J connectivity index is 1.76. The number of aryl methyl sites for hydroxylation is 1. The molecule has 122 valence electrons. The largest absolute Gasteiger partial charge is 0.402 e. The summed E-state index contributed by atoms with van der Waals surface area (Å²) in [5, 5.41) is 1.27. The molecule has 1 aromatic heterocycles. The summed E-state index contributed by atoms with van der Waals surface area (Å²) in [7, 11) is 0. The second-order valence-electron chi connectivity index (χ2n) is 5.77. The maximum atomic E-state index is 12.1. The van der Waals surface area contributed by atoms with E-state index in [0.717, 1.165) is 22.0 Å². The van der Waals surface area contributed by atoms with Gasteiger partial charge < -0.3 is 4.74 Å². The summed E-state index contributed by atoms with van der Waals surface area (Å²) in [6.07, 6.45) is 1.60. The van der Waals surface area contributed by atoms with Crippen LogP contribution < -0.4 is 0 Å². The second kappa shape index (κ2) is 6.15. The predicted octanol–water partition coefficient (Wildman–Crippen LogP) is 4.54. The fourth-order valence-electron chi connectivity index (χ4n) is 2.63. The van der Waals surface area contributed by atoms with Crippen molar-refractivity contribution in [2.75, 3.05) is 0 Å². The van der Waals surface area contributed by atoms with Crippen LogP contribution in [0.3, 0.4) is 0 Å². The molecule has 25 heavy (non-hydrogen) atoms. The molecule has 0 fully saturated rings. The number of nitrogens with zero attached hydrogens (tertiary/aromatic N) is 2. The van der Waals surface area contributed by atoms with Crippen LogP contribution in [-0.4, -0.2) is 16.9 Å². The van der Waals surface area contributed by atoms with Crippen LogP contribution in [0.5, 0.6) is 0 Å². The Morgan fingerprint density at radius 2 is 1.88 bits per heavy atom. The molecule has 0 bridgehead atoms. The fourth-order valence-corrected chi connectivity index (χ4v) is 2.83. The Hall–Kier alpha value is -2.98. The van der Waals surface area contributed by atoms with Crippen molar-refractivity contribution in [2.24, 2.45) is 4.99 Å². The lowest BCUT2D eigenvalue weighted by atomic mass is 10.1. The number of ether oxygens (including phenoxy) is 1. The number of benzene rings is 2. The first kappa shape index (κ1) is 15.5. The van der Waals surface area contributed by atoms with E-state index in [2.05, 4.69) is 9.98 Å². The first-order chi connectivity index (χ1) is 12.1. The van der Waals surface area contributed by atoms with Gasteiger partial charge in [-0.3, -0.25) is 0 Å². The summed E-state index contributed by atoms with van der Waals surface area (Å²) in [6, 6.07) is 17.1. The van der Waals surface area contributed by atoms with Gasteiger partial charge in [-0.05, 0) is 42.8 Å². The number of carbonyl (C=O) groups excluding carboxylic acids is 1. The molecule has 3 aromatic rings. The molecule has 0 atom stereocenters. The maximum Gasteiger partial charge on any atom is 0.363 e. The molecular weight excluding hydrogens is 336 g/mol. The van der Waals surface area contributed by atoms with Crippen molar-refractivity contribution in [1.82, 2.24) is 4.98 Å². The molecule has 0 amide bonds. The van der Waals surface area contributed by atoms with Crippen LogP contribution in [-0.2, 0) is 9.53 Å². The number of esters is 1. The van der Waals surface area contributed by atoms with E-state index in [4.69, 9.17) is 16.3 Å². The maximum absolute atomic E-state index is 12.1. The molecule has 0 saturated heterocycles. The zero-order valence-electron chi connectivity index (χ0n) is 13.4. The minimum Gasteiger partial charge on any atom is -0.402 e. The van der Waals surface area contributed by atoms with Crippen LogP contribution in [0, 0.1) is 6.92 Å². The molecular formula is C20H13ClN2O2. The van der Waals surface area contributed by atoms with Crippen LogP contribution in [0.1, 0.15) is 16.7 Å². The first-order valence-corrected chi connectivity index (χ1v) is 8.13. The molecule has 0 N–H and O–H groups in total. The minimum absolute atomic E-state index is 0.203. The molecule has 0 unspecified atom stereocenters. The van der Waals surface area contributed by atoms with Gasteiger partial charge in [-0.15, -0.1) is 0 Å². The number of hydrogen-bond acceptors (Lipinski definition) is 4. The zero-order chi connectivity index (χ0) is 17.4. The number of fused-ring (bicyclic) bond motifs is 1. The Morgan fingerprint density at radius 1 is 1.08 bits per heavy atom. The molecule has 0 saturated carbocycles. The summed E-state index contributed by atoms with van der Waals surface area (Å²) in [4.78, 5) is 20.8. The van der Waals surface area contributed by atoms with Crippen molar-refractivity contribution in [1.29, 1.82) is 0 Å². The molecule has 0 radical (unpaired) electrons. The number of aliphatic imine (C=N–C) groups is 1. The van der Waals surface area contributed by atoms with Crippen molar-refractivity contribution in [3.05, 3.63) is 82.1 Å². The van der Waals surface area contributed by atoms with E-state index in [0.29, 0.717) is 10.7 Å². The van der Waals surface area contributed by atoms with Gasteiger partial charge in [0.1, 0.15) is 5.15 Å². The van der Waals surface area contributed by atoms with Crippen molar-refractivity contribution in [3.8, 4) is 0 Å². The van der Waals surface area contributed by atoms with Crippen LogP contribution in [0.15, 0.2) is 65.3 Å². The third kappa shape index (κ3) is 3.04. The summed E-state index contributed by atoms with van der Waals surface area (Å²) >= 11 is 6.28. The number of hydrogen-bond donors (Lipinski definition) is 0. The van der Waals surface area contributed by atoms with Gasteiger partial charge in [-0.1, -0.05) is 41.9 Å². The molecule has 2 heterocycles. The average molecular weight is 349 g/mol. The molecule has 2 aromatic carbocycles. The van der Waals surface area contributed by atoms with E-state index in [-0.39, 0.29) is 11.6 Å². The van der Waals surface area contributed by atoms with Gasteiger partial charge in [-0.2, -0.15) is 0 Å². The molecule has 5 heteroatoms. The van der Waals surface area contributed by atoms with Crippen LogP contribution in [0.2, 0.25) is 5.15 Å². The number of cyclic esters (lactones) is 1. The van der Waals surface area contributed by atoms with Crippen LogP contribution >= 0.6 is 11.6 Å². The Bertz CT molecular complexity index is 1060. The lowest BCUT2D eigenvalue weighted by Gasteiger charge is -2.03. The van der Waals surface area contributed by atoms with Crippen molar-refractivity contribution in [3.63, 3.8) is 0 Å². The highest BCUT2D eigenvalue weighted by molar-refractivity contribution is 6.31. The van der Waals surface area contributed by atoms with E-state index >= 15 is 0 Å². The third-order valence-electron chi connectivity index (χ3n) is 3.89. The van der Waals surface area contributed by atoms with Gasteiger partial charge in [0.2, 0.25) is 5.90 Å². The highest BCUT2D eigenvalue weighted by Gasteiger charge is 2.24. The van der Waals surface area contributed by atoms with Gasteiger partial charge >= 0.3 is 5.97 Å². The lowest BCUT2D eigenvalue weighted by molar-refractivity contribution is -0.129. The van der Waals surface area contributed by atoms with E-state index in [9.17, 15) is 4.79 Å². The topological polar surface area (TPSA) is 51.5 Å². The SMILES string of the molecule is Cc1ccc2cc(/C=C3\N=C(c4ccccc4)OC3=O)c(Cl)nc2c1. The summed E-state index contributed by atoms with van der Waals surface area (Å²) in [5.74, 6) is -0.212. The van der Waals surface area contributed by atoms with Gasteiger partial charge in [0.05, 0.1) is 5.52 Å². The Labute approximate surface area is 149 Å². The number of pyridine rings is 1. The van der Waals surface area contributed by atoms with Gasteiger partial charge in [-0.25, -0.2) is 14.8 Å². The lowest BCUT2D eigenvalue weighted by Crippen LogP contribution is -2.04. The molecule has 4 rings (SSSR count). The Kier molecular flexibility index (Phi) is 3.82. The molecule has 0 aliphatic carbocycles. The number of rotatable bonds is 2. The quantitative estimate of drug-likeness (QED) is 0.388. The molecule has 4 nitrogen and oxygen atoms in total.